The van der Waals surface area contributed by atoms with Crippen LogP contribution in [0.2, 0.25) is 0 Å². The Kier molecular flexibility index (Phi) is 11.5. The van der Waals surface area contributed by atoms with Crippen molar-refractivity contribution in [3.63, 3.8) is 0 Å². The van der Waals surface area contributed by atoms with E-state index in [9.17, 15) is 18.0 Å². The van der Waals surface area contributed by atoms with Crippen LogP contribution in [0.4, 0.5) is 5.69 Å². The molecule has 45 heavy (non-hydrogen) atoms. The first-order valence-electron chi connectivity index (χ1n) is 15.5. The normalized spacial score (nSPS) is 14.3. The van der Waals surface area contributed by atoms with Gasteiger partial charge >= 0.3 is 5.97 Å². The average Bonchev–Trinajstić information content (AvgIpc) is 3.51. The number of carbonyl (C=O) groups is 1. The molecule has 1 aliphatic heterocycles. The lowest BCUT2D eigenvalue weighted by Crippen LogP contribution is -2.46. The van der Waals surface area contributed by atoms with E-state index in [1.165, 1.54) is 26.4 Å². The zero-order valence-corrected chi connectivity index (χ0v) is 27.3. The number of carbonyl (C=O) groups excluding carboxylic acids is 1. The van der Waals surface area contributed by atoms with Gasteiger partial charge in [-0.25, -0.2) is 0 Å². The summed E-state index contributed by atoms with van der Waals surface area (Å²) in [5, 5.41) is 4.36. The number of aromatic nitrogens is 1. The van der Waals surface area contributed by atoms with E-state index < -0.39 is 16.1 Å². The molecule has 5 rings (SSSR count). The average molecular weight is 656 g/mol. The number of unbranched alkanes of at least 4 members (excludes halogenated alkanes) is 3. The molecule has 0 atom stereocenters. The van der Waals surface area contributed by atoms with E-state index in [0.717, 1.165) is 57.2 Å². The highest BCUT2D eigenvalue weighted by molar-refractivity contribution is 7.85. The molecule has 0 bridgehead atoms. The Labute approximate surface area is 268 Å². The Bertz CT molecular complexity index is 1740. The van der Waals surface area contributed by atoms with Gasteiger partial charge in [0, 0.05) is 60.5 Å². The summed E-state index contributed by atoms with van der Waals surface area (Å²) in [5.41, 5.74) is 1.71. The van der Waals surface area contributed by atoms with Gasteiger partial charge in [0.2, 0.25) is 0 Å². The maximum Gasteiger partial charge on any atom is 0.307 e. The summed E-state index contributed by atoms with van der Waals surface area (Å²) in [4.78, 5) is 29.9. The van der Waals surface area contributed by atoms with Crippen LogP contribution in [0.1, 0.15) is 38.5 Å². The van der Waals surface area contributed by atoms with Gasteiger partial charge in [-0.3, -0.25) is 23.2 Å². The van der Waals surface area contributed by atoms with Crippen LogP contribution in [0.3, 0.4) is 0 Å². The van der Waals surface area contributed by atoms with E-state index in [2.05, 4.69) is 39.4 Å². The first-order valence-corrected chi connectivity index (χ1v) is 18.2. The minimum atomic E-state index is -3.45. The highest BCUT2D eigenvalue weighted by atomic mass is 32.2. The van der Waals surface area contributed by atoms with Crippen LogP contribution >= 0.6 is 11.3 Å². The fourth-order valence-corrected chi connectivity index (χ4v) is 6.78. The minimum Gasteiger partial charge on any atom is -0.494 e. The Balaban J connectivity index is 1.03. The molecule has 12 heteroatoms. The molecule has 2 aromatic heterocycles. The Morgan fingerprint density at radius 3 is 2.53 bits per heavy atom. The fourth-order valence-electron chi connectivity index (χ4n) is 5.55. The van der Waals surface area contributed by atoms with E-state index in [1.54, 1.807) is 17.4 Å². The monoisotopic (exact) mass is 655 g/mol. The van der Waals surface area contributed by atoms with Crippen LogP contribution in [-0.2, 0) is 30.6 Å². The number of rotatable bonds is 16. The van der Waals surface area contributed by atoms with Gasteiger partial charge in [-0.1, -0.05) is 12.5 Å². The molecule has 3 heterocycles. The largest absolute Gasteiger partial charge is 0.494 e. The highest BCUT2D eigenvalue weighted by Gasteiger charge is 2.18. The van der Waals surface area contributed by atoms with Gasteiger partial charge < -0.3 is 14.4 Å². The second-order valence-corrected chi connectivity index (χ2v) is 13.9. The van der Waals surface area contributed by atoms with Crippen molar-refractivity contribution >= 4 is 54.1 Å². The van der Waals surface area contributed by atoms with E-state index in [-0.39, 0.29) is 25.3 Å². The fraction of sp³-hybridized carbons (Fsp3) is 0.455. The Morgan fingerprint density at radius 2 is 1.71 bits per heavy atom. The van der Waals surface area contributed by atoms with Crippen molar-refractivity contribution in [2.45, 2.75) is 45.3 Å². The summed E-state index contributed by atoms with van der Waals surface area (Å²) in [6, 6.07) is 17.6. The molecule has 0 spiro atoms. The predicted octanol–water partition coefficient (Wildman–Crippen LogP) is 5.23. The number of hydrogen-bond donors (Lipinski definition) is 0. The number of esters is 1. The molecule has 242 valence electrons. The topological polar surface area (TPSA) is 107 Å². The number of benzene rings is 2. The summed E-state index contributed by atoms with van der Waals surface area (Å²) >= 11 is 1.79. The zero-order chi connectivity index (χ0) is 31.6. The van der Waals surface area contributed by atoms with E-state index in [1.807, 2.05) is 18.2 Å². The van der Waals surface area contributed by atoms with E-state index >= 15 is 0 Å². The molecule has 1 fully saturated rings. The minimum absolute atomic E-state index is 0.0924. The van der Waals surface area contributed by atoms with Crippen LogP contribution in [0.5, 0.6) is 5.75 Å². The van der Waals surface area contributed by atoms with Crippen LogP contribution in [0.25, 0.3) is 21.0 Å². The molecule has 4 aromatic rings. The van der Waals surface area contributed by atoms with E-state index in [0.29, 0.717) is 37.1 Å². The van der Waals surface area contributed by atoms with Gasteiger partial charge in [0.15, 0.2) is 6.73 Å². The molecular formula is C33H41N3O7S2. The second kappa shape index (κ2) is 15.7. The first-order chi connectivity index (χ1) is 21.8. The van der Waals surface area contributed by atoms with Crippen LogP contribution in [-0.4, -0.2) is 76.0 Å². The van der Waals surface area contributed by atoms with Crippen molar-refractivity contribution in [1.82, 2.24) is 9.47 Å². The van der Waals surface area contributed by atoms with Gasteiger partial charge in [0.05, 0.1) is 25.0 Å². The van der Waals surface area contributed by atoms with Crippen molar-refractivity contribution < 1.29 is 26.9 Å². The highest BCUT2D eigenvalue weighted by Crippen LogP contribution is 2.31. The SMILES string of the molecule is CS(=O)(=O)OCCCCCC(=O)OCn1c(=O)ccc2ccc(OCCCCN3CCN(c4cccc5sccc45)CC3)cc21. The van der Waals surface area contributed by atoms with E-state index in [4.69, 9.17) is 13.7 Å². The van der Waals surface area contributed by atoms with Crippen LogP contribution in [0.15, 0.2) is 64.8 Å². The molecule has 0 aliphatic carbocycles. The Morgan fingerprint density at radius 1 is 0.911 bits per heavy atom. The number of fused-ring (bicyclic) bond motifs is 2. The van der Waals surface area contributed by atoms with Crippen molar-refractivity contribution in [3.05, 3.63) is 70.3 Å². The third kappa shape index (κ3) is 9.52. The maximum absolute atomic E-state index is 12.6. The number of thiophene rings is 1. The first kappa shape index (κ1) is 32.9. The summed E-state index contributed by atoms with van der Waals surface area (Å²) in [7, 11) is -3.45. The van der Waals surface area contributed by atoms with Gasteiger partial charge in [0.25, 0.3) is 15.7 Å². The summed E-state index contributed by atoms with van der Waals surface area (Å²) in [6.45, 7) is 5.68. The Hall–Kier alpha value is -3.45. The number of hydrogen-bond acceptors (Lipinski definition) is 10. The third-order valence-electron chi connectivity index (χ3n) is 7.96. The van der Waals surface area contributed by atoms with Crippen molar-refractivity contribution in [1.29, 1.82) is 0 Å². The number of anilines is 1. The molecule has 1 saturated heterocycles. The number of nitrogens with zero attached hydrogens (tertiary/aromatic N) is 3. The lowest BCUT2D eigenvalue weighted by atomic mass is 10.2. The quantitative estimate of drug-likeness (QED) is 0.0911. The van der Waals surface area contributed by atoms with Gasteiger partial charge in [-0.2, -0.15) is 8.42 Å². The standard InChI is InChI=1S/C33H41N3O7S2/c1-45(39,40)43-22-5-2-3-10-33(38)42-25-36-30-24-27(13-11-26(30)12-14-32(36)37)41-21-6-4-16-34-17-19-35(20-18-34)29-8-7-9-31-28(29)15-23-44-31/h7-9,11-15,23-24H,2-6,10,16-22,25H2,1H3. The molecule has 0 saturated carbocycles. The molecule has 0 amide bonds. The van der Waals surface area contributed by atoms with Gasteiger partial charge in [0.1, 0.15) is 5.75 Å². The molecule has 0 radical (unpaired) electrons. The number of ether oxygens (including phenoxy) is 2. The maximum atomic E-state index is 12.6. The lowest BCUT2D eigenvalue weighted by molar-refractivity contribution is -0.147. The smallest absolute Gasteiger partial charge is 0.307 e. The summed E-state index contributed by atoms with van der Waals surface area (Å²) < 4.78 is 40.9. The number of pyridine rings is 1. The predicted molar refractivity (Wildman–Crippen MR) is 179 cm³/mol. The van der Waals surface area contributed by atoms with Crippen molar-refractivity contribution in [3.8, 4) is 5.75 Å². The second-order valence-electron chi connectivity index (χ2n) is 11.3. The molecule has 10 nitrogen and oxygen atoms in total. The van der Waals surface area contributed by atoms with Crippen LogP contribution < -0.4 is 15.2 Å². The lowest BCUT2D eigenvalue weighted by Gasteiger charge is -2.36. The zero-order valence-electron chi connectivity index (χ0n) is 25.7. The van der Waals surface area contributed by atoms with Crippen molar-refractivity contribution in [2.75, 3.05) is 57.1 Å². The molecule has 0 unspecified atom stereocenters. The van der Waals surface area contributed by atoms with Gasteiger partial charge in [-0.15, -0.1) is 11.3 Å². The molecule has 0 N–H and O–H groups in total. The summed E-state index contributed by atoms with van der Waals surface area (Å²) in [5.74, 6) is 0.247. The molecular weight excluding hydrogens is 615 g/mol. The number of piperazine rings is 1. The molecule has 2 aromatic carbocycles. The van der Waals surface area contributed by atoms with Crippen LogP contribution in [0, 0.1) is 0 Å². The van der Waals surface area contributed by atoms with Crippen molar-refractivity contribution in [2.24, 2.45) is 0 Å². The van der Waals surface area contributed by atoms with Gasteiger partial charge in [-0.05, 0) is 79.4 Å². The molecule has 1 aliphatic rings. The third-order valence-corrected chi connectivity index (χ3v) is 9.44. The summed E-state index contributed by atoms with van der Waals surface area (Å²) in [6.07, 6.45) is 4.84.